The lowest BCUT2D eigenvalue weighted by atomic mass is 10.0. The molecule has 4 heteroatoms. The molecule has 0 aromatic heterocycles. The van der Waals surface area contributed by atoms with Gasteiger partial charge in [-0.15, -0.1) is 0 Å². The summed E-state index contributed by atoms with van der Waals surface area (Å²) in [5.74, 6) is -0.139. The molecule has 2 aromatic rings. The smallest absolute Gasteiger partial charge is 0.221 e. The van der Waals surface area contributed by atoms with Crippen molar-refractivity contribution in [3.05, 3.63) is 48.0 Å². The predicted octanol–water partition coefficient (Wildman–Crippen LogP) is 1.73. The van der Waals surface area contributed by atoms with Gasteiger partial charge in [0.1, 0.15) is 0 Å². The van der Waals surface area contributed by atoms with Crippen LogP contribution in [0.5, 0.6) is 0 Å². The highest BCUT2D eigenvalue weighted by atomic mass is 16.3. The largest absolute Gasteiger partial charge is 0.387 e. The third-order valence-electron chi connectivity index (χ3n) is 3.16. The summed E-state index contributed by atoms with van der Waals surface area (Å²) >= 11 is 0. The van der Waals surface area contributed by atoms with Crippen molar-refractivity contribution >= 4 is 16.7 Å². The van der Waals surface area contributed by atoms with Crippen molar-refractivity contribution in [2.75, 3.05) is 6.54 Å². The molecular weight excluding hydrogens is 252 g/mol. The van der Waals surface area contributed by atoms with E-state index in [1.54, 1.807) is 6.92 Å². The number of aliphatic hydroxyl groups excluding tert-OH is 1. The Hall–Kier alpha value is -1.91. The van der Waals surface area contributed by atoms with Gasteiger partial charge in [-0.05, 0) is 29.3 Å². The molecule has 2 aromatic carbocycles. The van der Waals surface area contributed by atoms with Gasteiger partial charge in [-0.2, -0.15) is 0 Å². The topological polar surface area (TPSA) is 75.4 Å². The Morgan fingerprint density at radius 2 is 1.95 bits per heavy atom. The van der Waals surface area contributed by atoms with E-state index in [4.69, 9.17) is 5.73 Å². The maximum Gasteiger partial charge on any atom is 0.221 e. The first kappa shape index (κ1) is 14.5. The Morgan fingerprint density at radius 1 is 1.25 bits per heavy atom. The van der Waals surface area contributed by atoms with Crippen LogP contribution >= 0.6 is 0 Å². The lowest BCUT2D eigenvalue weighted by Gasteiger charge is -2.13. The number of aliphatic hydroxyl groups is 1. The number of fused-ring (bicyclic) bond motifs is 1. The zero-order chi connectivity index (χ0) is 14.5. The molecule has 0 fully saturated rings. The van der Waals surface area contributed by atoms with Gasteiger partial charge in [0, 0.05) is 19.0 Å². The molecule has 0 saturated carbocycles. The lowest BCUT2D eigenvalue weighted by molar-refractivity contribution is -0.121. The third-order valence-corrected chi connectivity index (χ3v) is 3.16. The fraction of sp³-hybridized carbons (Fsp3) is 0.312. The molecule has 0 aliphatic heterocycles. The van der Waals surface area contributed by atoms with Crippen LogP contribution in [0.2, 0.25) is 0 Å². The number of hydrogen-bond donors (Lipinski definition) is 3. The van der Waals surface area contributed by atoms with Crippen LogP contribution < -0.4 is 11.1 Å². The SMILES string of the molecule is CC(N)CC(=O)NCC(O)c1ccc2ccccc2c1. The van der Waals surface area contributed by atoms with Crippen LogP contribution in [-0.4, -0.2) is 23.6 Å². The molecule has 2 atom stereocenters. The van der Waals surface area contributed by atoms with Crippen LogP contribution in [0.25, 0.3) is 10.8 Å². The van der Waals surface area contributed by atoms with E-state index < -0.39 is 6.10 Å². The molecule has 2 unspecified atom stereocenters. The first-order chi connectivity index (χ1) is 9.56. The van der Waals surface area contributed by atoms with Crippen molar-refractivity contribution in [1.29, 1.82) is 0 Å². The zero-order valence-corrected chi connectivity index (χ0v) is 11.5. The summed E-state index contributed by atoms with van der Waals surface area (Å²) in [6.45, 7) is 1.98. The van der Waals surface area contributed by atoms with Crippen LogP contribution in [0.1, 0.15) is 25.0 Å². The van der Waals surface area contributed by atoms with Crippen molar-refractivity contribution in [2.24, 2.45) is 5.73 Å². The van der Waals surface area contributed by atoms with Gasteiger partial charge in [-0.3, -0.25) is 4.79 Å². The second-order valence-corrected chi connectivity index (χ2v) is 5.11. The molecule has 4 N–H and O–H groups in total. The number of carbonyl (C=O) groups excluding carboxylic acids is 1. The van der Waals surface area contributed by atoms with Gasteiger partial charge in [-0.25, -0.2) is 0 Å². The zero-order valence-electron chi connectivity index (χ0n) is 11.5. The van der Waals surface area contributed by atoms with Gasteiger partial charge in [0.15, 0.2) is 0 Å². The molecule has 0 aliphatic rings. The average molecular weight is 272 g/mol. The summed E-state index contributed by atoms with van der Waals surface area (Å²) in [6, 6.07) is 13.6. The monoisotopic (exact) mass is 272 g/mol. The molecule has 0 spiro atoms. The first-order valence-corrected chi connectivity index (χ1v) is 6.75. The third kappa shape index (κ3) is 3.79. The fourth-order valence-corrected chi connectivity index (χ4v) is 2.11. The molecule has 0 saturated heterocycles. The highest BCUT2D eigenvalue weighted by Crippen LogP contribution is 2.20. The number of benzene rings is 2. The standard InChI is InChI=1S/C16H20N2O2/c1-11(17)8-16(20)18-10-15(19)14-7-6-12-4-2-3-5-13(12)9-14/h2-7,9,11,15,19H,8,10,17H2,1H3,(H,18,20). The van der Waals surface area contributed by atoms with Crippen molar-refractivity contribution in [1.82, 2.24) is 5.32 Å². The van der Waals surface area contributed by atoms with Crippen molar-refractivity contribution in [3.8, 4) is 0 Å². The van der Waals surface area contributed by atoms with Crippen molar-refractivity contribution < 1.29 is 9.90 Å². The maximum absolute atomic E-state index is 11.5. The molecule has 106 valence electrons. The maximum atomic E-state index is 11.5. The van der Waals surface area contributed by atoms with Gasteiger partial charge < -0.3 is 16.2 Å². The minimum absolute atomic E-state index is 0.139. The average Bonchev–Trinajstić information content (AvgIpc) is 2.43. The van der Waals surface area contributed by atoms with Crippen LogP contribution in [-0.2, 0) is 4.79 Å². The molecule has 0 radical (unpaired) electrons. The van der Waals surface area contributed by atoms with Crippen molar-refractivity contribution in [3.63, 3.8) is 0 Å². The van der Waals surface area contributed by atoms with Crippen molar-refractivity contribution in [2.45, 2.75) is 25.5 Å². The molecule has 4 nitrogen and oxygen atoms in total. The Bertz CT molecular complexity index is 596. The number of amides is 1. The number of nitrogens with two attached hydrogens (primary N) is 1. The summed E-state index contributed by atoms with van der Waals surface area (Å²) in [7, 11) is 0. The van der Waals surface area contributed by atoms with Crippen LogP contribution in [0.4, 0.5) is 0 Å². The summed E-state index contributed by atoms with van der Waals surface area (Å²) < 4.78 is 0. The Kier molecular flexibility index (Phi) is 4.71. The van der Waals surface area contributed by atoms with Gasteiger partial charge in [0.25, 0.3) is 0 Å². The Balaban J connectivity index is 2.00. The summed E-state index contributed by atoms with van der Waals surface area (Å²) in [4.78, 5) is 11.5. The molecule has 20 heavy (non-hydrogen) atoms. The highest BCUT2D eigenvalue weighted by Gasteiger charge is 2.11. The minimum Gasteiger partial charge on any atom is -0.387 e. The minimum atomic E-state index is -0.711. The van der Waals surface area contributed by atoms with Gasteiger partial charge in [0.05, 0.1) is 6.10 Å². The number of rotatable bonds is 5. The number of carbonyl (C=O) groups is 1. The molecule has 0 aliphatic carbocycles. The van der Waals surface area contributed by atoms with E-state index >= 15 is 0 Å². The van der Waals surface area contributed by atoms with E-state index in [-0.39, 0.29) is 24.9 Å². The molecule has 2 rings (SSSR count). The molecule has 1 amide bonds. The van der Waals surface area contributed by atoms with Crippen LogP contribution in [0.3, 0.4) is 0 Å². The van der Waals surface area contributed by atoms with E-state index in [0.717, 1.165) is 16.3 Å². The Morgan fingerprint density at radius 3 is 2.65 bits per heavy atom. The Labute approximate surface area is 118 Å². The molecular formula is C16H20N2O2. The molecule has 0 bridgehead atoms. The molecule has 0 heterocycles. The second kappa shape index (κ2) is 6.50. The van der Waals surface area contributed by atoms with Gasteiger partial charge >= 0.3 is 0 Å². The lowest BCUT2D eigenvalue weighted by Crippen LogP contribution is -2.32. The second-order valence-electron chi connectivity index (χ2n) is 5.11. The first-order valence-electron chi connectivity index (χ1n) is 6.75. The fourth-order valence-electron chi connectivity index (χ4n) is 2.11. The van der Waals surface area contributed by atoms with E-state index in [1.807, 2.05) is 42.5 Å². The normalized spacial score (nSPS) is 13.9. The summed E-state index contributed by atoms with van der Waals surface area (Å²) in [5, 5.41) is 15.0. The quantitative estimate of drug-likeness (QED) is 0.776. The van der Waals surface area contributed by atoms with Gasteiger partial charge in [-0.1, -0.05) is 36.4 Å². The summed E-state index contributed by atoms with van der Waals surface area (Å²) in [5.41, 5.74) is 6.35. The van der Waals surface area contributed by atoms with E-state index in [2.05, 4.69) is 5.32 Å². The van der Waals surface area contributed by atoms with E-state index in [0.29, 0.717) is 0 Å². The summed E-state index contributed by atoms with van der Waals surface area (Å²) in [6.07, 6.45) is -0.443. The van der Waals surface area contributed by atoms with E-state index in [1.165, 1.54) is 0 Å². The number of hydrogen-bond acceptors (Lipinski definition) is 3. The number of nitrogens with one attached hydrogen (secondary N) is 1. The predicted molar refractivity (Wildman–Crippen MR) is 80.2 cm³/mol. The highest BCUT2D eigenvalue weighted by molar-refractivity contribution is 5.83. The van der Waals surface area contributed by atoms with E-state index in [9.17, 15) is 9.90 Å². The van der Waals surface area contributed by atoms with Crippen LogP contribution in [0, 0.1) is 0 Å². The van der Waals surface area contributed by atoms with Gasteiger partial charge in [0.2, 0.25) is 5.91 Å². The van der Waals surface area contributed by atoms with Crippen LogP contribution in [0.15, 0.2) is 42.5 Å².